The Morgan fingerprint density at radius 2 is 2.00 bits per heavy atom. The molecule has 1 aromatic heterocycles. The Labute approximate surface area is 136 Å². The average Bonchev–Trinajstić information content (AvgIpc) is 3.00. The van der Waals surface area contributed by atoms with Crippen LogP contribution in [0.25, 0.3) is 0 Å². The SMILES string of the molecule is NCc1ccc(F)cc1.O=C(O)c1csc2c1CCCC2=NO. The molecule has 0 spiro atoms. The Kier molecular flexibility index (Phi) is 5.84. The van der Waals surface area contributed by atoms with Gasteiger partial charge in [0.2, 0.25) is 0 Å². The zero-order chi connectivity index (χ0) is 16.8. The number of rotatable bonds is 2. The Morgan fingerprint density at radius 1 is 1.30 bits per heavy atom. The molecule has 5 nitrogen and oxygen atoms in total. The number of nitrogens with zero attached hydrogens (tertiary/aromatic N) is 1. The lowest BCUT2D eigenvalue weighted by Gasteiger charge is -2.12. The van der Waals surface area contributed by atoms with E-state index in [1.165, 1.54) is 23.5 Å². The molecule has 0 bridgehead atoms. The summed E-state index contributed by atoms with van der Waals surface area (Å²) in [6, 6.07) is 6.16. The number of carbonyl (C=O) groups is 1. The van der Waals surface area contributed by atoms with Gasteiger partial charge in [-0.3, -0.25) is 0 Å². The number of carboxylic acids is 1. The molecule has 0 aliphatic heterocycles. The van der Waals surface area contributed by atoms with E-state index >= 15 is 0 Å². The summed E-state index contributed by atoms with van der Waals surface area (Å²) in [7, 11) is 0. The number of aromatic carboxylic acids is 1. The molecule has 3 rings (SSSR count). The molecular formula is C16H17FN2O3S. The molecule has 1 aromatic carbocycles. The third-order valence-corrected chi connectivity index (χ3v) is 4.57. The van der Waals surface area contributed by atoms with Crippen LogP contribution in [-0.4, -0.2) is 22.0 Å². The summed E-state index contributed by atoms with van der Waals surface area (Å²) in [6.07, 6.45) is 2.34. The van der Waals surface area contributed by atoms with Gasteiger partial charge in [0.05, 0.1) is 16.2 Å². The third kappa shape index (κ3) is 4.14. The van der Waals surface area contributed by atoms with Gasteiger partial charge in [-0.05, 0) is 42.5 Å². The van der Waals surface area contributed by atoms with Crippen molar-refractivity contribution in [2.75, 3.05) is 0 Å². The van der Waals surface area contributed by atoms with E-state index in [1.807, 2.05) is 0 Å². The Hall–Kier alpha value is -2.25. The normalized spacial score (nSPS) is 14.8. The quantitative estimate of drug-likeness (QED) is 0.579. The van der Waals surface area contributed by atoms with Crippen molar-refractivity contribution < 1.29 is 19.5 Å². The lowest BCUT2D eigenvalue weighted by molar-refractivity contribution is 0.0696. The highest BCUT2D eigenvalue weighted by Gasteiger charge is 2.23. The van der Waals surface area contributed by atoms with Crippen LogP contribution in [0.1, 0.15) is 39.2 Å². The minimum atomic E-state index is -0.901. The molecule has 0 unspecified atom stereocenters. The first kappa shape index (κ1) is 17.1. The molecule has 1 heterocycles. The number of nitrogens with two attached hydrogens (primary N) is 1. The lowest BCUT2D eigenvalue weighted by atomic mass is 9.94. The van der Waals surface area contributed by atoms with E-state index in [0.29, 0.717) is 17.8 Å². The van der Waals surface area contributed by atoms with Gasteiger partial charge in [-0.15, -0.1) is 11.3 Å². The molecule has 7 heteroatoms. The Morgan fingerprint density at radius 3 is 2.57 bits per heavy atom. The summed E-state index contributed by atoms with van der Waals surface area (Å²) < 4.78 is 12.2. The van der Waals surface area contributed by atoms with Crippen LogP contribution in [0.15, 0.2) is 34.8 Å². The second-order valence-electron chi connectivity index (χ2n) is 4.99. The van der Waals surface area contributed by atoms with E-state index in [4.69, 9.17) is 16.0 Å². The highest BCUT2D eigenvalue weighted by atomic mass is 32.1. The summed E-state index contributed by atoms with van der Waals surface area (Å²) in [5.74, 6) is -1.12. The first-order valence-corrected chi connectivity index (χ1v) is 7.94. The van der Waals surface area contributed by atoms with E-state index in [2.05, 4.69) is 5.16 Å². The van der Waals surface area contributed by atoms with Crippen molar-refractivity contribution in [1.29, 1.82) is 0 Å². The van der Waals surface area contributed by atoms with Gasteiger partial charge in [-0.2, -0.15) is 0 Å². The minimum absolute atomic E-state index is 0.216. The summed E-state index contributed by atoms with van der Waals surface area (Å²) in [4.78, 5) is 11.7. The van der Waals surface area contributed by atoms with Gasteiger partial charge in [0.25, 0.3) is 0 Å². The maximum atomic E-state index is 12.2. The largest absolute Gasteiger partial charge is 0.478 e. The minimum Gasteiger partial charge on any atom is -0.478 e. The zero-order valence-corrected chi connectivity index (χ0v) is 13.1. The molecule has 23 heavy (non-hydrogen) atoms. The number of hydrogen-bond donors (Lipinski definition) is 3. The molecule has 0 amide bonds. The number of fused-ring (bicyclic) bond motifs is 1. The van der Waals surface area contributed by atoms with Gasteiger partial charge >= 0.3 is 5.97 Å². The third-order valence-electron chi connectivity index (χ3n) is 3.50. The molecule has 0 fully saturated rings. The van der Waals surface area contributed by atoms with Gasteiger partial charge in [0.15, 0.2) is 0 Å². The van der Waals surface area contributed by atoms with Gasteiger partial charge in [0, 0.05) is 11.9 Å². The van der Waals surface area contributed by atoms with Crippen molar-refractivity contribution in [3.8, 4) is 0 Å². The summed E-state index contributed by atoms with van der Waals surface area (Å²) in [5.41, 5.74) is 8.02. The molecule has 4 N–H and O–H groups in total. The highest BCUT2D eigenvalue weighted by Crippen LogP contribution is 2.30. The predicted octanol–water partition coefficient (Wildman–Crippen LogP) is 3.25. The lowest BCUT2D eigenvalue weighted by Crippen LogP contribution is -2.11. The summed E-state index contributed by atoms with van der Waals surface area (Å²) >= 11 is 1.34. The number of benzene rings is 1. The van der Waals surface area contributed by atoms with Crippen LogP contribution in [0.2, 0.25) is 0 Å². The van der Waals surface area contributed by atoms with Crippen molar-refractivity contribution in [3.63, 3.8) is 0 Å². The molecule has 1 aliphatic carbocycles. The van der Waals surface area contributed by atoms with Gasteiger partial charge in [-0.25, -0.2) is 9.18 Å². The van der Waals surface area contributed by atoms with Crippen LogP contribution in [-0.2, 0) is 13.0 Å². The molecule has 0 saturated heterocycles. The summed E-state index contributed by atoms with van der Waals surface area (Å²) in [5, 5.41) is 22.4. The molecule has 0 saturated carbocycles. The molecular weight excluding hydrogens is 319 g/mol. The Bertz CT molecular complexity index is 711. The number of halogens is 1. The van der Waals surface area contributed by atoms with Crippen LogP contribution >= 0.6 is 11.3 Å². The van der Waals surface area contributed by atoms with Crippen LogP contribution in [0, 0.1) is 5.82 Å². The average molecular weight is 336 g/mol. The number of hydrogen-bond acceptors (Lipinski definition) is 5. The van der Waals surface area contributed by atoms with Crippen LogP contribution < -0.4 is 5.73 Å². The first-order valence-electron chi connectivity index (χ1n) is 7.06. The number of carboxylic acid groups (broad SMARTS) is 1. The van der Waals surface area contributed by atoms with E-state index < -0.39 is 5.97 Å². The fraction of sp³-hybridized carbons (Fsp3) is 0.250. The maximum absolute atomic E-state index is 12.2. The molecule has 122 valence electrons. The van der Waals surface area contributed by atoms with E-state index in [9.17, 15) is 9.18 Å². The highest BCUT2D eigenvalue weighted by molar-refractivity contribution is 7.12. The monoisotopic (exact) mass is 336 g/mol. The summed E-state index contributed by atoms with van der Waals surface area (Å²) in [6.45, 7) is 0.472. The fourth-order valence-corrected chi connectivity index (χ4v) is 3.43. The predicted molar refractivity (Wildman–Crippen MR) is 86.8 cm³/mol. The maximum Gasteiger partial charge on any atom is 0.336 e. The standard InChI is InChI=1S/C9H9NO3S.C7H8FN/c11-9(12)6-4-14-8-5(6)2-1-3-7(8)10-13;8-7-3-1-6(5-9)2-4-7/h4,13H,1-3H2,(H,11,12);1-4H,5,9H2. The van der Waals surface area contributed by atoms with Crippen LogP contribution in [0.5, 0.6) is 0 Å². The van der Waals surface area contributed by atoms with E-state index in [0.717, 1.165) is 35.3 Å². The van der Waals surface area contributed by atoms with E-state index in [1.54, 1.807) is 17.5 Å². The van der Waals surface area contributed by atoms with Crippen molar-refractivity contribution in [2.45, 2.75) is 25.8 Å². The van der Waals surface area contributed by atoms with Crippen molar-refractivity contribution in [2.24, 2.45) is 10.9 Å². The van der Waals surface area contributed by atoms with Gasteiger partial charge < -0.3 is 16.0 Å². The molecule has 0 radical (unpaired) electrons. The number of oxime groups is 1. The zero-order valence-electron chi connectivity index (χ0n) is 12.3. The molecule has 2 aromatic rings. The number of thiophene rings is 1. The van der Waals surface area contributed by atoms with E-state index in [-0.39, 0.29) is 5.82 Å². The second-order valence-corrected chi connectivity index (χ2v) is 5.87. The fourth-order valence-electron chi connectivity index (χ4n) is 2.31. The van der Waals surface area contributed by atoms with Crippen LogP contribution in [0.3, 0.4) is 0 Å². The van der Waals surface area contributed by atoms with Gasteiger partial charge in [-0.1, -0.05) is 17.3 Å². The van der Waals surface area contributed by atoms with Crippen molar-refractivity contribution >= 4 is 23.0 Å². The molecule has 0 atom stereocenters. The van der Waals surface area contributed by atoms with Crippen molar-refractivity contribution in [1.82, 2.24) is 0 Å². The topological polar surface area (TPSA) is 95.9 Å². The first-order chi connectivity index (χ1) is 11.1. The van der Waals surface area contributed by atoms with Crippen molar-refractivity contribution in [3.05, 3.63) is 57.0 Å². The Balaban J connectivity index is 0.000000185. The van der Waals surface area contributed by atoms with Gasteiger partial charge in [0.1, 0.15) is 5.82 Å². The second kappa shape index (κ2) is 7.85. The molecule has 1 aliphatic rings. The van der Waals surface area contributed by atoms with Crippen LogP contribution in [0.4, 0.5) is 4.39 Å². The smallest absolute Gasteiger partial charge is 0.336 e.